The van der Waals surface area contributed by atoms with Crippen molar-refractivity contribution in [2.45, 2.75) is 13.3 Å². The molecule has 0 aliphatic carbocycles. The minimum absolute atomic E-state index is 0.626. The van der Waals surface area contributed by atoms with E-state index in [0.29, 0.717) is 6.54 Å². The Morgan fingerprint density at radius 2 is 2.27 bits per heavy atom. The highest BCUT2D eigenvalue weighted by molar-refractivity contribution is 5.37. The maximum Gasteiger partial charge on any atom is 0.155 e. The number of nitrogens with zero attached hydrogens (tertiary/aromatic N) is 4. The molecule has 0 fully saturated rings. The highest BCUT2D eigenvalue weighted by Gasteiger charge is 2.13. The van der Waals surface area contributed by atoms with Gasteiger partial charge < -0.3 is 5.73 Å². The zero-order chi connectivity index (χ0) is 10.8. The van der Waals surface area contributed by atoms with E-state index in [-0.39, 0.29) is 0 Å². The molecule has 0 saturated heterocycles. The summed E-state index contributed by atoms with van der Waals surface area (Å²) >= 11 is 0. The summed E-state index contributed by atoms with van der Waals surface area (Å²) in [4.78, 5) is 0. The lowest BCUT2D eigenvalue weighted by Crippen LogP contribution is -2.09. The molecule has 80 valence electrons. The lowest BCUT2D eigenvalue weighted by molar-refractivity contribution is 0.691. The fourth-order valence-corrected chi connectivity index (χ4v) is 1.81. The van der Waals surface area contributed by atoms with E-state index in [9.17, 15) is 0 Å². The molecule has 2 N–H and O–H groups in total. The molecule has 0 radical (unpaired) electrons. The van der Waals surface area contributed by atoms with Crippen molar-refractivity contribution in [3.8, 4) is 5.82 Å². The van der Waals surface area contributed by atoms with Crippen LogP contribution >= 0.6 is 0 Å². The Hall–Kier alpha value is -1.62. The van der Waals surface area contributed by atoms with Gasteiger partial charge in [-0.1, -0.05) is 0 Å². The Morgan fingerprint density at radius 1 is 1.47 bits per heavy atom. The highest BCUT2D eigenvalue weighted by Crippen LogP contribution is 2.16. The van der Waals surface area contributed by atoms with E-state index < -0.39 is 0 Å². The van der Waals surface area contributed by atoms with Gasteiger partial charge in [0, 0.05) is 25.0 Å². The third kappa shape index (κ3) is 1.66. The van der Waals surface area contributed by atoms with Crippen LogP contribution in [-0.4, -0.2) is 26.1 Å². The van der Waals surface area contributed by atoms with Crippen LogP contribution in [0.15, 0.2) is 18.5 Å². The van der Waals surface area contributed by atoms with Crippen LogP contribution in [-0.2, 0) is 13.5 Å². The predicted octanol–water partition coefficient (Wildman–Crippen LogP) is 0.415. The van der Waals surface area contributed by atoms with Crippen molar-refractivity contribution in [3.05, 3.63) is 29.7 Å². The molecular weight excluding hydrogens is 190 g/mol. The molecule has 0 atom stereocenters. The Morgan fingerprint density at radius 3 is 2.87 bits per heavy atom. The molecule has 0 saturated carbocycles. The number of hydrogen-bond acceptors (Lipinski definition) is 3. The summed E-state index contributed by atoms with van der Waals surface area (Å²) in [6, 6.07) is 1.90. The highest BCUT2D eigenvalue weighted by atomic mass is 15.4. The number of hydrogen-bond donors (Lipinski definition) is 1. The maximum absolute atomic E-state index is 5.59. The minimum Gasteiger partial charge on any atom is -0.330 e. The monoisotopic (exact) mass is 205 g/mol. The summed E-state index contributed by atoms with van der Waals surface area (Å²) in [5.41, 5.74) is 7.79. The van der Waals surface area contributed by atoms with Gasteiger partial charge in [0.1, 0.15) is 0 Å². The van der Waals surface area contributed by atoms with Crippen LogP contribution in [0.1, 0.15) is 11.3 Å². The first-order valence-electron chi connectivity index (χ1n) is 4.96. The number of nitrogens with two attached hydrogens (primary N) is 1. The van der Waals surface area contributed by atoms with E-state index in [1.54, 1.807) is 6.20 Å². The van der Waals surface area contributed by atoms with Crippen LogP contribution in [0.5, 0.6) is 0 Å². The summed E-state index contributed by atoms with van der Waals surface area (Å²) < 4.78 is 3.66. The first-order chi connectivity index (χ1) is 7.24. The lowest BCUT2D eigenvalue weighted by atomic mass is 10.2. The van der Waals surface area contributed by atoms with E-state index >= 15 is 0 Å². The third-order valence-corrected chi connectivity index (χ3v) is 2.43. The van der Waals surface area contributed by atoms with Crippen molar-refractivity contribution in [1.29, 1.82) is 0 Å². The first-order valence-corrected chi connectivity index (χ1v) is 4.96. The van der Waals surface area contributed by atoms with Gasteiger partial charge in [0.05, 0.1) is 5.69 Å². The summed E-state index contributed by atoms with van der Waals surface area (Å²) in [6.45, 7) is 2.62. The van der Waals surface area contributed by atoms with E-state index in [0.717, 1.165) is 17.9 Å². The van der Waals surface area contributed by atoms with Crippen molar-refractivity contribution >= 4 is 0 Å². The van der Waals surface area contributed by atoms with Gasteiger partial charge >= 0.3 is 0 Å². The standard InChI is InChI=1S/C10H15N5/c1-8-9(4-5-11)10(14(2)13-8)15-7-3-6-12-15/h3,6-7H,4-5,11H2,1-2H3. The number of aryl methyl sites for hydroxylation is 2. The fraction of sp³-hybridized carbons (Fsp3) is 0.400. The van der Waals surface area contributed by atoms with Gasteiger partial charge in [0.25, 0.3) is 0 Å². The van der Waals surface area contributed by atoms with E-state index in [1.807, 2.05) is 35.6 Å². The summed E-state index contributed by atoms with van der Waals surface area (Å²) in [6.07, 6.45) is 4.50. The second-order valence-corrected chi connectivity index (χ2v) is 3.50. The zero-order valence-electron chi connectivity index (χ0n) is 9.01. The maximum atomic E-state index is 5.59. The molecule has 5 heteroatoms. The fourth-order valence-electron chi connectivity index (χ4n) is 1.81. The van der Waals surface area contributed by atoms with Crippen molar-refractivity contribution in [2.75, 3.05) is 6.54 Å². The summed E-state index contributed by atoms with van der Waals surface area (Å²) in [5, 5.41) is 8.60. The van der Waals surface area contributed by atoms with E-state index in [1.165, 1.54) is 5.56 Å². The van der Waals surface area contributed by atoms with E-state index in [4.69, 9.17) is 5.73 Å². The molecule has 0 aromatic carbocycles. The molecule has 5 nitrogen and oxygen atoms in total. The number of aromatic nitrogens is 4. The second kappa shape index (κ2) is 3.86. The average molecular weight is 205 g/mol. The largest absolute Gasteiger partial charge is 0.330 e. The first kappa shape index (κ1) is 9.92. The topological polar surface area (TPSA) is 61.7 Å². The van der Waals surface area contributed by atoms with Gasteiger partial charge in [-0.25, -0.2) is 4.68 Å². The molecule has 2 heterocycles. The Balaban J connectivity index is 2.54. The molecule has 0 unspecified atom stereocenters. The van der Waals surface area contributed by atoms with Gasteiger partial charge in [-0.15, -0.1) is 0 Å². The Kier molecular flexibility index (Phi) is 2.55. The van der Waals surface area contributed by atoms with Gasteiger partial charge in [-0.05, 0) is 26.0 Å². The normalized spacial score (nSPS) is 10.9. The lowest BCUT2D eigenvalue weighted by Gasteiger charge is -2.05. The number of rotatable bonds is 3. The van der Waals surface area contributed by atoms with Crippen LogP contribution in [0.25, 0.3) is 5.82 Å². The van der Waals surface area contributed by atoms with Crippen molar-refractivity contribution in [2.24, 2.45) is 12.8 Å². The molecule has 2 aromatic rings. The molecule has 0 bridgehead atoms. The molecule has 0 aliphatic rings. The molecular formula is C10H15N5. The van der Waals surface area contributed by atoms with Crippen LogP contribution in [0.3, 0.4) is 0 Å². The van der Waals surface area contributed by atoms with Gasteiger partial charge in [-0.2, -0.15) is 10.2 Å². The van der Waals surface area contributed by atoms with Crippen LogP contribution < -0.4 is 5.73 Å². The zero-order valence-corrected chi connectivity index (χ0v) is 9.01. The Bertz CT molecular complexity index is 441. The molecule has 0 spiro atoms. The molecule has 15 heavy (non-hydrogen) atoms. The van der Waals surface area contributed by atoms with Crippen LogP contribution in [0.4, 0.5) is 0 Å². The predicted molar refractivity (Wildman–Crippen MR) is 57.8 cm³/mol. The average Bonchev–Trinajstić information content (AvgIpc) is 2.77. The van der Waals surface area contributed by atoms with Crippen LogP contribution in [0, 0.1) is 6.92 Å². The van der Waals surface area contributed by atoms with Crippen LogP contribution in [0.2, 0.25) is 0 Å². The van der Waals surface area contributed by atoms with Crippen molar-refractivity contribution < 1.29 is 0 Å². The van der Waals surface area contributed by atoms with E-state index in [2.05, 4.69) is 10.2 Å². The molecule has 2 rings (SSSR count). The van der Waals surface area contributed by atoms with Gasteiger partial charge in [-0.3, -0.25) is 4.68 Å². The smallest absolute Gasteiger partial charge is 0.155 e. The second-order valence-electron chi connectivity index (χ2n) is 3.50. The minimum atomic E-state index is 0.626. The summed E-state index contributed by atoms with van der Waals surface area (Å²) in [5.74, 6) is 1.00. The van der Waals surface area contributed by atoms with Crippen molar-refractivity contribution in [1.82, 2.24) is 19.6 Å². The third-order valence-electron chi connectivity index (χ3n) is 2.43. The van der Waals surface area contributed by atoms with Gasteiger partial charge in [0.2, 0.25) is 0 Å². The van der Waals surface area contributed by atoms with Gasteiger partial charge in [0.15, 0.2) is 5.82 Å². The Labute approximate surface area is 88.5 Å². The summed E-state index contributed by atoms with van der Waals surface area (Å²) in [7, 11) is 1.92. The molecule has 0 amide bonds. The molecule has 2 aromatic heterocycles. The van der Waals surface area contributed by atoms with Crippen molar-refractivity contribution in [3.63, 3.8) is 0 Å². The SMILES string of the molecule is Cc1nn(C)c(-n2cccn2)c1CCN. The molecule has 0 aliphatic heterocycles. The quantitative estimate of drug-likeness (QED) is 0.789.